The first-order valence-corrected chi connectivity index (χ1v) is 9.43. The minimum Gasteiger partial charge on any atom is -0.491 e. The average molecular weight is 393 g/mol. The Balaban J connectivity index is 2.33. The van der Waals surface area contributed by atoms with Crippen LogP contribution < -0.4 is 15.4 Å². The molecule has 156 valence electrons. The van der Waals surface area contributed by atoms with Gasteiger partial charge in [-0.15, -0.1) is 0 Å². The highest BCUT2D eigenvalue weighted by Crippen LogP contribution is 2.25. The number of methoxy groups -OCH3 is 2. The maximum atomic E-state index is 13.1. The number of fused-ring (bicyclic) bond motifs is 1. The summed E-state index contributed by atoms with van der Waals surface area (Å²) in [5.41, 5.74) is 0.911. The topological polar surface area (TPSA) is 89.1 Å². The van der Waals surface area contributed by atoms with Crippen molar-refractivity contribution in [3.8, 4) is 5.75 Å². The highest BCUT2D eigenvalue weighted by molar-refractivity contribution is 5.99. The van der Waals surface area contributed by atoms with Crippen LogP contribution in [0, 0.1) is 5.92 Å². The lowest BCUT2D eigenvalue weighted by molar-refractivity contribution is -0.119. The molecule has 0 aromatic heterocycles. The third kappa shape index (κ3) is 5.92. The lowest BCUT2D eigenvalue weighted by Crippen LogP contribution is -2.44. The zero-order chi connectivity index (χ0) is 20.7. The van der Waals surface area contributed by atoms with Crippen LogP contribution in [0.2, 0.25) is 0 Å². The Kier molecular flexibility index (Phi) is 8.22. The van der Waals surface area contributed by atoms with Crippen LogP contribution in [-0.2, 0) is 14.3 Å². The molecule has 0 unspecified atom stereocenters. The van der Waals surface area contributed by atoms with Crippen LogP contribution in [-0.4, -0.2) is 76.4 Å². The van der Waals surface area contributed by atoms with Crippen molar-refractivity contribution in [3.05, 3.63) is 23.8 Å². The molecule has 0 spiro atoms. The molecule has 1 aliphatic heterocycles. The van der Waals surface area contributed by atoms with Crippen LogP contribution in [0.5, 0.6) is 5.75 Å². The van der Waals surface area contributed by atoms with Crippen molar-refractivity contribution in [2.75, 3.05) is 52.9 Å². The fourth-order valence-corrected chi connectivity index (χ4v) is 3.07. The first-order chi connectivity index (χ1) is 13.3. The van der Waals surface area contributed by atoms with E-state index < -0.39 is 0 Å². The van der Waals surface area contributed by atoms with E-state index in [0.717, 1.165) is 6.54 Å². The van der Waals surface area contributed by atoms with E-state index in [9.17, 15) is 9.59 Å². The molecule has 1 aliphatic rings. The molecule has 2 amide bonds. The molecule has 28 heavy (non-hydrogen) atoms. The van der Waals surface area contributed by atoms with Gasteiger partial charge in [-0.05, 0) is 31.0 Å². The van der Waals surface area contributed by atoms with E-state index in [1.165, 1.54) is 7.11 Å². The van der Waals surface area contributed by atoms with Gasteiger partial charge in [-0.25, -0.2) is 0 Å². The number of likely N-dealkylation sites (N-methyl/N-ethyl adjacent to an activating group) is 1. The zero-order valence-electron chi connectivity index (χ0n) is 17.3. The number of amides is 2. The second-order valence-electron chi connectivity index (χ2n) is 7.25. The number of nitrogens with zero attached hydrogens (tertiary/aromatic N) is 1. The van der Waals surface area contributed by atoms with Gasteiger partial charge in [0, 0.05) is 46.1 Å². The lowest BCUT2D eigenvalue weighted by Gasteiger charge is -2.30. The van der Waals surface area contributed by atoms with Crippen molar-refractivity contribution in [2.24, 2.45) is 5.92 Å². The summed E-state index contributed by atoms with van der Waals surface area (Å²) in [7, 11) is 4.85. The highest BCUT2D eigenvalue weighted by Gasteiger charge is 2.25. The number of hydrogen-bond donors (Lipinski definition) is 2. The highest BCUT2D eigenvalue weighted by atomic mass is 16.5. The molecule has 2 N–H and O–H groups in total. The van der Waals surface area contributed by atoms with Crippen molar-refractivity contribution in [2.45, 2.75) is 26.0 Å². The van der Waals surface area contributed by atoms with Crippen LogP contribution in [0.1, 0.15) is 24.2 Å². The van der Waals surface area contributed by atoms with E-state index in [1.807, 2.05) is 6.92 Å². The molecule has 0 aliphatic carbocycles. The zero-order valence-corrected chi connectivity index (χ0v) is 17.3. The van der Waals surface area contributed by atoms with E-state index in [2.05, 4.69) is 17.6 Å². The fourth-order valence-electron chi connectivity index (χ4n) is 3.07. The summed E-state index contributed by atoms with van der Waals surface area (Å²) >= 11 is 0. The van der Waals surface area contributed by atoms with E-state index in [0.29, 0.717) is 30.2 Å². The molecule has 0 saturated heterocycles. The summed E-state index contributed by atoms with van der Waals surface area (Å²) in [6.07, 6.45) is -0.0953. The molecule has 8 heteroatoms. The Bertz CT molecular complexity index is 682. The number of hydrogen-bond acceptors (Lipinski definition) is 6. The standard InChI is InChI=1S/C20H31N3O5/c1-13-9-21-14(2)11-28-17-7-6-15(22-19(24)12-26-4)8-16(17)20(25)23(3)10-18(13)27-5/h6-8,13-14,18,21H,9-12H2,1-5H3,(H,22,24)/t13-,14+,18+/m1/s1. The normalized spacial score (nSPS) is 23.8. The van der Waals surface area contributed by atoms with Crippen molar-refractivity contribution in [3.63, 3.8) is 0 Å². The van der Waals surface area contributed by atoms with Crippen molar-refractivity contribution in [1.82, 2.24) is 10.2 Å². The molecule has 1 aromatic rings. The first-order valence-electron chi connectivity index (χ1n) is 9.43. The quantitative estimate of drug-likeness (QED) is 0.803. The molecule has 1 heterocycles. The van der Waals surface area contributed by atoms with Crippen molar-refractivity contribution in [1.29, 1.82) is 0 Å². The third-order valence-corrected chi connectivity index (χ3v) is 4.78. The van der Waals surface area contributed by atoms with Gasteiger partial charge in [-0.2, -0.15) is 0 Å². The fraction of sp³-hybridized carbons (Fsp3) is 0.600. The van der Waals surface area contributed by atoms with Crippen molar-refractivity contribution >= 4 is 17.5 Å². The van der Waals surface area contributed by atoms with Gasteiger partial charge in [0.25, 0.3) is 5.91 Å². The molecule has 0 saturated carbocycles. The van der Waals surface area contributed by atoms with Crippen LogP contribution >= 0.6 is 0 Å². The molecular weight excluding hydrogens is 362 g/mol. The number of nitrogens with one attached hydrogen (secondary N) is 2. The Morgan fingerprint density at radius 2 is 2.11 bits per heavy atom. The molecular formula is C20H31N3O5. The Morgan fingerprint density at radius 1 is 1.36 bits per heavy atom. The number of carbonyl (C=O) groups excluding carboxylic acids is 2. The molecule has 3 atom stereocenters. The maximum Gasteiger partial charge on any atom is 0.257 e. The molecule has 8 nitrogen and oxygen atoms in total. The van der Waals surface area contributed by atoms with Crippen LogP contribution in [0.15, 0.2) is 18.2 Å². The number of rotatable bonds is 4. The minimum absolute atomic E-state index is 0.0575. The predicted octanol–water partition coefficient (Wildman–Crippen LogP) is 1.37. The van der Waals surface area contributed by atoms with E-state index in [4.69, 9.17) is 14.2 Å². The summed E-state index contributed by atoms with van der Waals surface area (Å²) < 4.78 is 16.4. The Labute approximate surface area is 166 Å². The predicted molar refractivity (Wildman–Crippen MR) is 107 cm³/mol. The molecule has 0 radical (unpaired) electrons. The minimum atomic E-state index is -0.289. The van der Waals surface area contributed by atoms with Gasteiger partial charge in [-0.3, -0.25) is 9.59 Å². The van der Waals surface area contributed by atoms with Gasteiger partial charge in [-0.1, -0.05) is 6.92 Å². The van der Waals surface area contributed by atoms with Gasteiger partial charge < -0.3 is 29.7 Å². The second kappa shape index (κ2) is 10.4. The average Bonchev–Trinajstić information content (AvgIpc) is 2.67. The first kappa shape index (κ1) is 22.1. The van der Waals surface area contributed by atoms with Crippen molar-refractivity contribution < 1.29 is 23.8 Å². The molecule has 1 aromatic carbocycles. The monoisotopic (exact) mass is 393 g/mol. The molecule has 2 rings (SSSR count). The molecule has 0 bridgehead atoms. The Morgan fingerprint density at radius 3 is 2.79 bits per heavy atom. The van der Waals surface area contributed by atoms with Crippen LogP contribution in [0.3, 0.4) is 0 Å². The Hall–Kier alpha value is -2.16. The SMILES string of the molecule is COCC(=O)Nc1ccc2c(c1)C(=O)N(C)C[C@H](OC)[C@H](C)CN[C@@H](C)CO2. The summed E-state index contributed by atoms with van der Waals surface area (Å²) in [5, 5.41) is 6.17. The van der Waals surface area contributed by atoms with Gasteiger partial charge >= 0.3 is 0 Å². The summed E-state index contributed by atoms with van der Waals surface area (Å²) in [6, 6.07) is 5.17. The maximum absolute atomic E-state index is 13.1. The number of carbonyl (C=O) groups is 2. The largest absolute Gasteiger partial charge is 0.491 e. The van der Waals surface area contributed by atoms with Crippen LogP contribution in [0.4, 0.5) is 5.69 Å². The summed E-state index contributed by atoms with van der Waals surface area (Å²) in [4.78, 5) is 26.5. The molecule has 0 fully saturated rings. The van der Waals surface area contributed by atoms with Gasteiger partial charge in [0.05, 0.1) is 11.7 Å². The smallest absolute Gasteiger partial charge is 0.257 e. The summed E-state index contributed by atoms with van der Waals surface area (Å²) in [6.45, 7) is 5.71. The van der Waals surface area contributed by atoms with E-state index >= 15 is 0 Å². The summed E-state index contributed by atoms with van der Waals surface area (Å²) in [5.74, 6) is 0.232. The second-order valence-corrected chi connectivity index (χ2v) is 7.25. The number of ether oxygens (including phenoxy) is 3. The number of benzene rings is 1. The number of anilines is 1. The lowest BCUT2D eigenvalue weighted by atomic mass is 10.0. The van der Waals surface area contributed by atoms with Gasteiger partial charge in [0.1, 0.15) is 19.0 Å². The van der Waals surface area contributed by atoms with Gasteiger partial charge in [0.2, 0.25) is 5.91 Å². The van der Waals surface area contributed by atoms with Gasteiger partial charge in [0.15, 0.2) is 0 Å². The third-order valence-electron chi connectivity index (χ3n) is 4.78. The van der Waals surface area contributed by atoms with E-state index in [1.54, 1.807) is 37.3 Å². The van der Waals surface area contributed by atoms with E-state index in [-0.39, 0.29) is 36.5 Å². The van der Waals surface area contributed by atoms with Crippen LogP contribution in [0.25, 0.3) is 0 Å².